The Morgan fingerprint density at radius 3 is 1.59 bits per heavy atom. The summed E-state index contributed by atoms with van der Waals surface area (Å²) in [5, 5.41) is 0. The van der Waals surface area contributed by atoms with Crippen LogP contribution in [0.5, 0.6) is 0 Å². The first-order chi connectivity index (χ1) is 23.9. The van der Waals surface area contributed by atoms with E-state index in [9.17, 15) is 0 Å². The smallest absolute Gasteiger partial charge is 0.0543 e. The molecular weight excluding hydrogens is 615 g/mol. The number of aryl methyl sites for hydroxylation is 1. The lowest BCUT2D eigenvalue weighted by atomic mass is 9.62. The second kappa shape index (κ2) is 11.2. The van der Waals surface area contributed by atoms with Crippen molar-refractivity contribution < 1.29 is 0 Å². The molecule has 262 valence electrons. The molecule has 0 aromatic heterocycles. The Hall–Kier alpha value is -4.10. The van der Waals surface area contributed by atoms with Gasteiger partial charge in [-0.25, -0.2) is 0 Å². The molecule has 0 amide bonds. The van der Waals surface area contributed by atoms with Crippen LogP contribution in [0.4, 0.5) is 17.1 Å². The van der Waals surface area contributed by atoms with Crippen molar-refractivity contribution in [2.45, 2.75) is 129 Å². The molecule has 8 rings (SSSR count). The lowest BCUT2D eigenvalue weighted by Crippen LogP contribution is -2.34. The van der Waals surface area contributed by atoms with Crippen LogP contribution in [-0.4, -0.2) is 0 Å². The molecule has 3 aliphatic carbocycles. The summed E-state index contributed by atoms with van der Waals surface area (Å²) in [5.74, 6) is 0. The Labute approximate surface area is 308 Å². The van der Waals surface area contributed by atoms with Gasteiger partial charge < -0.3 is 4.90 Å². The van der Waals surface area contributed by atoms with E-state index in [4.69, 9.17) is 0 Å². The van der Waals surface area contributed by atoms with Gasteiger partial charge in [0.2, 0.25) is 0 Å². The molecule has 0 fully saturated rings. The molecule has 0 saturated heterocycles. The summed E-state index contributed by atoms with van der Waals surface area (Å²) in [6.45, 7) is 26.7. The molecule has 0 unspecified atom stereocenters. The van der Waals surface area contributed by atoms with Crippen molar-refractivity contribution in [3.8, 4) is 22.3 Å². The minimum absolute atomic E-state index is 0.111. The monoisotopic (exact) mass is 671 g/mol. The molecule has 0 heterocycles. The summed E-state index contributed by atoms with van der Waals surface area (Å²) in [4.78, 5) is 2.57. The molecular formula is C50H57N. The summed E-state index contributed by atoms with van der Waals surface area (Å²) in [7, 11) is 0. The Morgan fingerprint density at radius 2 is 0.941 bits per heavy atom. The van der Waals surface area contributed by atoms with Gasteiger partial charge in [0.15, 0.2) is 0 Å². The average Bonchev–Trinajstić information content (AvgIpc) is 3.31. The Balaban J connectivity index is 1.46. The highest BCUT2D eigenvalue weighted by Gasteiger charge is 2.41. The van der Waals surface area contributed by atoms with Crippen molar-refractivity contribution >= 4 is 17.1 Å². The third-order valence-electron chi connectivity index (χ3n) is 13.5. The quantitative estimate of drug-likeness (QED) is 0.184. The van der Waals surface area contributed by atoms with Gasteiger partial charge in [-0.1, -0.05) is 124 Å². The molecule has 0 atom stereocenters. The van der Waals surface area contributed by atoms with Gasteiger partial charge in [-0.2, -0.15) is 0 Å². The maximum Gasteiger partial charge on any atom is 0.0543 e. The van der Waals surface area contributed by atoms with E-state index in [1.54, 1.807) is 0 Å². The number of anilines is 3. The van der Waals surface area contributed by atoms with Crippen LogP contribution in [0.2, 0.25) is 0 Å². The van der Waals surface area contributed by atoms with Crippen LogP contribution in [0.1, 0.15) is 134 Å². The number of hydrogen-bond acceptors (Lipinski definition) is 1. The second-order valence-electron chi connectivity index (χ2n) is 19.2. The fourth-order valence-corrected chi connectivity index (χ4v) is 9.87. The normalized spacial score (nSPS) is 19.7. The fraction of sp³-hybridized carbons (Fsp3) is 0.400. The van der Waals surface area contributed by atoms with E-state index in [1.165, 1.54) is 104 Å². The molecule has 0 aliphatic heterocycles. The van der Waals surface area contributed by atoms with Gasteiger partial charge in [0.05, 0.1) is 5.69 Å². The van der Waals surface area contributed by atoms with Gasteiger partial charge in [-0.15, -0.1) is 0 Å². The number of rotatable bonds is 4. The second-order valence-corrected chi connectivity index (χ2v) is 19.2. The maximum atomic E-state index is 2.59. The molecule has 3 aliphatic rings. The first-order valence-corrected chi connectivity index (χ1v) is 19.4. The van der Waals surface area contributed by atoms with Crippen molar-refractivity contribution in [3.63, 3.8) is 0 Å². The molecule has 1 nitrogen and oxygen atoms in total. The van der Waals surface area contributed by atoms with Crippen molar-refractivity contribution in [1.29, 1.82) is 0 Å². The summed E-state index contributed by atoms with van der Waals surface area (Å²) in [6.07, 6.45) is 4.82. The van der Waals surface area contributed by atoms with Crippen LogP contribution < -0.4 is 4.90 Å². The molecule has 0 N–H and O–H groups in total. The Bertz CT molecular complexity index is 2190. The zero-order valence-electron chi connectivity index (χ0n) is 33.0. The molecule has 0 radical (unpaired) electrons. The first-order valence-electron chi connectivity index (χ1n) is 19.4. The predicted molar refractivity (Wildman–Crippen MR) is 219 cm³/mol. The largest absolute Gasteiger partial charge is 0.310 e. The van der Waals surface area contributed by atoms with Crippen LogP contribution in [-0.2, 0) is 27.1 Å². The topological polar surface area (TPSA) is 3.24 Å². The molecule has 51 heavy (non-hydrogen) atoms. The first kappa shape index (κ1) is 34.0. The number of nitrogens with zero attached hydrogens (tertiary/aromatic N) is 1. The van der Waals surface area contributed by atoms with E-state index < -0.39 is 0 Å². The van der Waals surface area contributed by atoms with E-state index in [1.807, 2.05) is 0 Å². The molecule has 5 aromatic rings. The minimum Gasteiger partial charge on any atom is -0.310 e. The van der Waals surface area contributed by atoms with E-state index in [0.29, 0.717) is 0 Å². The highest BCUT2D eigenvalue weighted by atomic mass is 15.1. The molecule has 0 spiro atoms. The van der Waals surface area contributed by atoms with Crippen LogP contribution in [0, 0.1) is 6.92 Å². The Kier molecular flexibility index (Phi) is 7.47. The van der Waals surface area contributed by atoms with Crippen molar-refractivity contribution in [2.24, 2.45) is 0 Å². The number of fused-ring (bicyclic) bond motifs is 5. The van der Waals surface area contributed by atoms with Crippen molar-refractivity contribution in [1.82, 2.24) is 0 Å². The lowest BCUT2D eigenvalue weighted by molar-refractivity contribution is 0.332. The van der Waals surface area contributed by atoms with Gasteiger partial charge in [-0.3, -0.25) is 0 Å². The summed E-state index contributed by atoms with van der Waals surface area (Å²) in [6, 6.07) is 37.8. The van der Waals surface area contributed by atoms with Crippen molar-refractivity contribution in [2.75, 3.05) is 4.90 Å². The van der Waals surface area contributed by atoms with E-state index in [-0.39, 0.29) is 27.1 Å². The van der Waals surface area contributed by atoms with Crippen LogP contribution in [0.3, 0.4) is 0 Å². The lowest BCUT2D eigenvalue weighted by Gasteiger charge is -2.43. The van der Waals surface area contributed by atoms with Crippen LogP contribution in [0.25, 0.3) is 22.3 Å². The van der Waals surface area contributed by atoms with E-state index in [0.717, 1.165) is 0 Å². The third kappa shape index (κ3) is 5.24. The fourth-order valence-electron chi connectivity index (χ4n) is 9.87. The van der Waals surface area contributed by atoms with Gasteiger partial charge >= 0.3 is 0 Å². The molecule has 5 aromatic carbocycles. The highest BCUT2D eigenvalue weighted by molar-refractivity contribution is 5.95. The van der Waals surface area contributed by atoms with Gasteiger partial charge in [0.25, 0.3) is 0 Å². The third-order valence-corrected chi connectivity index (χ3v) is 13.5. The number of benzene rings is 5. The van der Waals surface area contributed by atoms with Crippen LogP contribution >= 0.6 is 0 Å². The van der Waals surface area contributed by atoms with Gasteiger partial charge in [0.1, 0.15) is 0 Å². The van der Waals surface area contributed by atoms with Gasteiger partial charge in [-0.05, 0) is 152 Å². The highest BCUT2D eigenvalue weighted by Crippen LogP contribution is 2.56. The predicted octanol–water partition coefficient (Wildman–Crippen LogP) is 14.1. The Morgan fingerprint density at radius 1 is 0.392 bits per heavy atom. The summed E-state index contributed by atoms with van der Waals surface area (Å²) >= 11 is 0. The SMILES string of the molecule is Cc1cc2c(cc1-c1cc3c(cc1N(c1ccccc1)c1ccc4c(c1)C(C)(C)CCC4(C)C)C(C)(C)c1ccccc1-3)C(C)(C)CCC2(C)C. The standard InChI is InChI=1S/C50H57N/c1-32-27-42-44(49(8,9)26-25-47(42,4)5)30-36(32)38-29-37-35-19-15-16-20-39(35)50(10,11)41(37)31-45(38)51(33-17-13-12-14-18-33)34-21-22-40-43(28-34)48(6,7)24-23-46(40,2)3/h12-22,27-31H,23-26H2,1-11H3. The summed E-state index contributed by atoms with van der Waals surface area (Å²) < 4.78 is 0. The van der Waals surface area contributed by atoms with Gasteiger partial charge in [0, 0.05) is 22.4 Å². The van der Waals surface area contributed by atoms with E-state index in [2.05, 4.69) is 178 Å². The molecule has 1 heteroatoms. The maximum absolute atomic E-state index is 2.59. The van der Waals surface area contributed by atoms with E-state index >= 15 is 0 Å². The molecule has 0 bridgehead atoms. The average molecular weight is 672 g/mol. The minimum atomic E-state index is -0.111. The number of para-hydroxylation sites is 1. The number of hydrogen-bond donors (Lipinski definition) is 0. The zero-order valence-corrected chi connectivity index (χ0v) is 33.0. The zero-order chi connectivity index (χ0) is 36.3. The molecule has 0 saturated carbocycles. The van der Waals surface area contributed by atoms with Crippen LogP contribution in [0.15, 0.2) is 97.1 Å². The van der Waals surface area contributed by atoms with Crippen molar-refractivity contribution in [3.05, 3.63) is 136 Å². The summed E-state index contributed by atoms with van der Waals surface area (Å²) in [5.41, 5.74) is 19.7.